The minimum atomic E-state index is -3.37. The maximum Gasteiger partial charge on any atom is 0.303 e. The number of hydrogen-bond donors (Lipinski definition) is 1. The molecule has 21 heavy (non-hydrogen) atoms. The lowest BCUT2D eigenvalue weighted by molar-refractivity contribution is -0.138. The lowest BCUT2D eigenvalue weighted by atomic mass is 10.1. The summed E-state index contributed by atoms with van der Waals surface area (Å²) in [4.78, 5) is 10.8. The number of carboxylic acids is 1. The Morgan fingerprint density at radius 2 is 2.10 bits per heavy atom. The smallest absolute Gasteiger partial charge is 0.303 e. The summed E-state index contributed by atoms with van der Waals surface area (Å²) in [5, 5.41) is 13.2. The molecule has 0 amide bonds. The van der Waals surface area contributed by atoms with E-state index >= 15 is 0 Å². The molecule has 118 valence electrons. The van der Waals surface area contributed by atoms with Crippen LogP contribution in [0.25, 0.3) is 0 Å². The van der Waals surface area contributed by atoms with Crippen molar-refractivity contribution in [2.45, 2.75) is 38.4 Å². The van der Waals surface area contributed by atoms with Crippen LogP contribution in [0.15, 0.2) is 4.47 Å². The van der Waals surface area contributed by atoms with E-state index in [2.05, 4.69) is 21.0 Å². The highest BCUT2D eigenvalue weighted by Crippen LogP contribution is 2.50. The first-order valence-electron chi connectivity index (χ1n) is 6.80. The Morgan fingerprint density at radius 3 is 2.52 bits per heavy atom. The first-order valence-corrected chi connectivity index (χ1v) is 9.42. The third kappa shape index (κ3) is 3.85. The maximum atomic E-state index is 12.4. The van der Waals surface area contributed by atoms with Crippen LogP contribution in [0.2, 0.25) is 0 Å². The number of hydrogen-bond acceptors (Lipinski definition) is 4. The monoisotopic (exact) mass is 378 g/mol. The normalized spacial score (nSPS) is 16.9. The largest absolute Gasteiger partial charge is 0.481 e. The molecule has 8 heteroatoms. The number of rotatable bonds is 7. The van der Waals surface area contributed by atoms with Gasteiger partial charge in [0.1, 0.15) is 0 Å². The summed E-state index contributed by atoms with van der Waals surface area (Å²) in [7, 11) is -1.65. The van der Waals surface area contributed by atoms with Crippen LogP contribution in [-0.2, 0) is 33.9 Å². The first kappa shape index (κ1) is 16.5. The third-order valence-corrected chi connectivity index (χ3v) is 6.55. The van der Waals surface area contributed by atoms with Crippen molar-refractivity contribution in [2.24, 2.45) is 12.5 Å². The summed E-state index contributed by atoms with van der Waals surface area (Å²) >= 11 is 3.41. The Kier molecular flexibility index (Phi) is 4.49. The van der Waals surface area contributed by atoms with Crippen LogP contribution >= 0.6 is 15.9 Å². The molecule has 0 radical (unpaired) electrons. The van der Waals surface area contributed by atoms with Gasteiger partial charge in [-0.05, 0) is 40.6 Å². The second-order valence-corrected chi connectivity index (χ2v) is 8.64. The summed E-state index contributed by atoms with van der Waals surface area (Å²) in [5.41, 5.74) is 0.899. The Labute approximate surface area is 132 Å². The molecule has 0 aromatic carbocycles. The zero-order valence-electron chi connectivity index (χ0n) is 12.1. The van der Waals surface area contributed by atoms with Gasteiger partial charge in [0, 0.05) is 7.05 Å². The van der Waals surface area contributed by atoms with Crippen molar-refractivity contribution in [2.75, 3.05) is 5.75 Å². The van der Waals surface area contributed by atoms with Gasteiger partial charge in [0.05, 0.1) is 33.8 Å². The van der Waals surface area contributed by atoms with Crippen LogP contribution in [0.5, 0.6) is 0 Å². The highest BCUT2D eigenvalue weighted by Gasteiger charge is 2.47. The van der Waals surface area contributed by atoms with Crippen LogP contribution in [-0.4, -0.2) is 35.0 Å². The number of carbonyl (C=O) groups is 1. The van der Waals surface area contributed by atoms with Gasteiger partial charge in [-0.3, -0.25) is 9.48 Å². The number of carboxylic acid groups (broad SMARTS) is 1. The Bertz CT molecular complexity index is 662. The standard InChI is InChI=1S/C13H19BrN2O4S/c1-3-9-12(14)10(16(2)15-9)7-21(19,20)8-13(4-5-13)6-11(17)18/h3-8H2,1-2H3,(H,17,18). The van der Waals surface area contributed by atoms with Gasteiger partial charge in [-0.1, -0.05) is 6.92 Å². The summed E-state index contributed by atoms with van der Waals surface area (Å²) < 4.78 is 27.1. The number of halogens is 1. The second kappa shape index (κ2) is 5.72. The van der Waals surface area contributed by atoms with E-state index in [4.69, 9.17) is 5.11 Å². The fourth-order valence-corrected chi connectivity index (χ4v) is 5.69. The zero-order valence-corrected chi connectivity index (χ0v) is 14.5. The Hall–Kier alpha value is -0.890. The number of nitrogens with zero attached hydrogens (tertiary/aromatic N) is 2. The van der Waals surface area contributed by atoms with Crippen molar-refractivity contribution >= 4 is 31.7 Å². The second-order valence-electron chi connectivity index (χ2n) is 5.79. The zero-order chi connectivity index (χ0) is 15.8. The van der Waals surface area contributed by atoms with E-state index in [-0.39, 0.29) is 17.9 Å². The molecule has 1 aromatic rings. The lowest BCUT2D eigenvalue weighted by Crippen LogP contribution is -2.22. The minimum absolute atomic E-state index is 0.0641. The molecule has 0 spiro atoms. The van der Waals surface area contributed by atoms with E-state index in [0.717, 1.165) is 16.6 Å². The van der Waals surface area contributed by atoms with Gasteiger partial charge in [0.25, 0.3) is 0 Å². The minimum Gasteiger partial charge on any atom is -0.481 e. The van der Waals surface area contributed by atoms with Crippen LogP contribution in [0, 0.1) is 5.41 Å². The van der Waals surface area contributed by atoms with Gasteiger partial charge in [-0.2, -0.15) is 5.10 Å². The molecular weight excluding hydrogens is 360 g/mol. The fourth-order valence-electron chi connectivity index (χ4n) is 2.57. The quantitative estimate of drug-likeness (QED) is 0.782. The predicted molar refractivity (Wildman–Crippen MR) is 81.7 cm³/mol. The van der Waals surface area contributed by atoms with Crippen molar-refractivity contribution in [3.8, 4) is 0 Å². The van der Waals surface area contributed by atoms with E-state index < -0.39 is 21.2 Å². The molecule has 0 saturated heterocycles. The average Bonchev–Trinajstić information content (AvgIpc) is 3.03. The highest BCUT2D eigenvalue weighted by molar-refractivity contribution is 9.10. The first-order chi connectivity index (χ1) is 9.68. The molecule has 1 heterocycles. The molecule has 0 unspecified atom stereocenters. The topological polar surface area (TPSA) is 89.3 Å². The van der Waals surface area contributed by atoms with Gasteiger partial charge in [-0.15, -0.1) is 0 Å². The molecular formula is C13H19BrN2O4S. The molecule has 1 N–H and O–H groups in total. The third-order valence-electron chi connectivity index (χ3n) is 3.87. The molecule has 1 fully saturated rings. The van der Waals surface area contributed by atoms with E-state index in [1.54, 1.807) is 11.7 Å². The van der Waals surface area contributed by atoms with Gasteiger partial charge in [0.15, 0.2) is 9.84 Å². The molecule has 6 nitrogen and oxygen atoms in total. The molecule has 0 aliphatic heterocycles. The van der Waals surface area contributed by atoms with Gasteiger partial charge >= 0.3 is 5.97 Å². The van der Waals surface area contributed by atoms with Crippen molar-refractivity contribution in [3.63, 3.8) is 0 Å². The van der Waals surface area contributed by atoms with Crippen molar-refractivity contribution in [1.82, 2.24) is 9.78 Å². The SMILES string of the molecule is CCc1nn(C)c(CS(=O)(=O)CC2(CC(=O)O)CC2)c1Br. The molecule has 2 rings (SSSR count). The Morgan fingerprint density at radius 1 is 1.48 bits per heavy atom. The summed E-state index contributed by atoms with van der Waals surface area (Å²) in [6, 6.07) is 0. The molecule has 1 aliphatic carbocycles. The van der Waals surface area contributed by atoms with E-state index in [9.17, 15) is 13.2 Å². The number of aromatic nitrogens is 2. The van der Waals surface area contributed by atoms with E-state index in [1.165, 1.54) is 0 Å². The number of aliphatic carboxylic acids is 1. The molecule has 0 atom stereocenters. The summed E-state index contributed by atoms with van der Waals surface area (Å²) in [6.07, 6.45) is 1.99. The van der Waals surface area contributed by atoms with Gasteiger partial charge in [0.2, 0.25) is 0 Å². The van der Waals surface area contributed by atoms with E-state index in [1.807, 2.05) is 6.92 Å². The van der Waals surface area contributed by atoms with Crippen LogP contribution in [0.1, 0.15) is 37.6 Å². The maximum absolute atomic E-state index is 12.4. The van der Waals surface area contributed by atoms with Gasteiger partial charge in [-0.25, -0.2) is 8.42 Å². The molecule has 1 saturated carbocycles. The number of aryl methyl sites for hydroxylation is 2. The highest BCUT2D eigenvalue weighted by atomic mass is 79.9. The fraction of sp³-hybridized carbons (Fsp3) is 0.692. The molecule has 1 aliphatic rings. The van der Waals surface area contributed by atoms with Crippen LogP contribution < -0.4 is 0 Å². The number of sulfone groups is 1. The summed E-state index contributed by atoms with van der Waals surface area (Å²) in [6.45, 7) is 1.96. The van der Waals surface area contributed by atoms with Crippen molar-refractivity contribution < 1.29 is 18.3 Å². The van der Waals surface area contributed by atoms with E-state index in [0.29, 0.717) is 18.5 Å². The molecule has 1 aromatic heterocycles. The average molecular weight is 379 g/mol. The lowest BCUT2D eigenvalue weighted by Gasteiger charge is -2.13. The van der Waals surface area contributed by atoms with Crippen LogP contribution in [0.3, 0.4) is 0 Å². The molecule has 0 bridgehead atoms. The Balaban J connectivity index is 2.15. The van der Waals surface area contributed by atoms with Crippen LogP contribution in [0.4, 0.5) is 0 Å². The predicted octanol–water partition coefficient (Wildman–Crippen LogP) is 1.91. The van der Waals surface area contributed by atoms with Crippen molar-refractivity contribution in [3.05, 3.63) is 15.9 Å². The summed E-state index contributed by atoms with van der Waals surface area (Å²) in [5.74, 6) is -1.11. The van der Waals surface area contributed by atoms with Crippen molar-refractivity contribution in [1.29, 1.82) is 0 Å². The van der Waals surface area contributed by atoms with Gasteiger partial charge < -0.3 is 5.11 Å².